The van der Waals surface area contributed by atoms with Crippen molar-refractivity contribution in [1.29, 1.82) is 0 Å². The van der Waals surface area contributed by atoms with Gasteiger partial charge in [-0.15, -0.1) is 0 Å². The highest BCUT2D eigenvalue weighted by Gasteiger charge is 2.29. The number of likely N-dealkylation sites (N-methyl/N-ethyl adjacent to an activating group) is 1. The minimum atomic E-state index is -0.586. The lowest BCUT2D eigenvalue weighted by molar-refractivity contribution is -0.141. The molecule has 4 rings (SSSR count). The number of carbonyl (C=O) groups excluding carboxylic acids is 2. The van der Waals surface area contributed by atoms with Gasteiger partial charge in [0.15, 0.2) is 0 Å². The van der Waals surface area contributed by atoms with Gasteiger partial charge in [0.25, 0.3) is 0 Å². The van der Waals surface area contributed by atoms with Crippen molar-refractivity contribution in [2.24, 2.45) is 0 Å². The smallest absolute Gasteiger partial charge is 0.243 e. The van der Waals surface area contributed by atoms with Crippen LogP contribution in [0.4, 0.5) is 0 Å². The number of fused-ring (bicyclic) bond motifs is 1. The van der Waals surface area contributed by atoms with E-state index in [0.717, 1.165) is 16.7 Å². The molecule has 4 aromatic carbocycles. The number of hydrogen-bond acceptors (Lipinski definition) is 2. The van der Waals surface area contributed by atoms with Crippen LogP contribution in [0.5, 0.6) is 0 Å². The average molecular weight is 465 g/mol. The summed E-state index contributed by atoms with van der Waals surface area (Å²) in [6.45, 7) is 2.82. The molecular formula is C31H32N2O2. The van der Waals surface area contributed by atoms with Gasteiger partial charge in [-0.25, -0.2) is 0 Å². The van der Waals surface area contributed by atoms with Gasteiger partial charge in [-0.05, 0) is 40.8 Å². The quantitative estimate of drug-likeness (QED) is 0.335. The minimum Gasteiger partial charge on any atom is -0.355 e. The highest BCUT2D eigenvalue weighted by atomic mass is 16.2. The zero-order valence-electron chi connectivity index (χ0n) is 20.2. The molecule has 0 aliphatic carbocycles. The van der Waals surface area contributed by atoms with Crippen molar-refractivity contribution < 1.29 is 9.59 Å². The number of hydrogen-bond donors (Lipinski definition) is 1. The Morgan fingerprint density at radius 1 is 0.771 bits per heavy atom. The van der Waals surface area contributed by atoms with Gasteiger partial charge in [-0.2, -0.15) is 0 Å². The van der Waals surface area contributed by atoms with Gasteiger partial charge in [0.05, 0.1) is 0 Å². The molecule has 35 heavy (non-hydrogen) atoms. The Kier molecular flexibility index (Phi) is 8.29. The lowest BCUT2D eigenvalue weighted by atomic mass is 9.99. The van der Waals surface area contributed by atoms with Crippen molar-refractivity contribution in [2.75, 3.05) is 6.54 Å². The molecule has 0 aliphatic rings. The van der Waals surface area contributed by atoms with Gasteiger partial charge < -0.3 is 10.2 Å². The summed E-state index contributed by atoms with van der Waals surface area (Å²) < 4.78 is 0. The summed E-state index contributed by atoms with van der Waals surface area (Å²) in [6.07, 6.45) is 1.43. The fourth-order valence-electron chi connectivity index (χ4n) is 4.52. The van der Waals surface area contributed by atoms with Crippen LogP contribution in [0.2, 0.25) is 0 Å². The Bertz CT molecular complexity index is 1250. The van der Waals surface area contributed by atoms with Crippen LogP contribution in [0, 0.1) is 0 Å². The standard InChI is InChI=1S/C31H32N2O2/c1-2-32-31(35)29(22-24-12-5-3-6-13-24)33(23-25-14-7-4-8-15-25)30(34)21-20-27-18-11-17-26-16-9-10-19-28(26)27/h3-19,29H,2,20-23H2,1H3,(H,32,35)/t29-/m1/s1. The molecule has 0 aliphatic heterocycles. The van der Waals surface area contributed by atoms with E-state index in [1.165, 1.54) is 10.8 Å². The zero-order valence-corrected chi connectivity index (χ0v) is 20.2. The van der Waals surface area contributed by atoms with Crippen LogP contribution >= 0.6 is 0 Å². The first kappa shape index (κ1) is 24.2. The normalized spacial score (nSPS) is 11.7. The Hall–Kier alpha value is -3.92. The Morgan fingerprint density at radius 3 is 2.11 bits per heavy atom. The van der Waals surface area contributed by atoms with Crippen LogP contribution in [0.3, 0.4) is 0 Å². The van der Waals surface area contributed by atoms with Crippen molar-refractivity contribution >= 4 is 22.6 Å². The minimum absolute atomic E-state index is 0.0195. The Balaban J connectivity index is 1.61. The molecule has 0 unspecified atom stereocenters. The van der Waals surface area contributed by atoms with E-state index < -0.39 is 6.04 Å². The second kappa shape index (κ2) is 12.0. The van der Waals surface area contributed by atoms with Crippen LogP contribution in [-0.4, -0.2) is 29.3 Å². The summed E-state index contributed by atoms with van der Waals surface area (Å²) in [4.78, 5) is 28.7. The predicted molar refractivity (Wildman–Crippen MR) is 142 cm³/mol. The van der Waals surface area contributed by atoms with Gasteiger partial charge in [0, 0.05) is 25.9 Å². The number of nitrogens with zero attached hydrogens (tertiary/aromatic N) is 1. The van der Waals surface area contributed by atoms with E-state index in [-0.39, 0.29) is 11.8 Å². The van der Waals surface area contributed by atoms with Crippen LogP contribution in [0.15, 0.2) is 103 Å². The molecule has 4 nitrogen and oxygen atoms in total. The molecule has 4 aromatic rings. The largest absolute Gasteiger partial charge is 0.355 e. The van der Waals surface area contributed by atoms with E-state index in [1.807, 2.05) is 85.8 Å². The fraction of sp³-hybridized carbons (Fsp3) is 0.226. The van der Waals surface area contributed by atoms with E-state index in [9.17, 15) is 9.59 Å². The van der Waals surface area contributed by atoms with E-state index in [2.05, 4.69) is 29.6 Å². The maximum absolute atomic E-state index is 13.7. The highest BCUT2D eigenvalue weighted by Crippen LogP contribution is 2.21. The van der Waals surface area contributed by atoms with E-state index >= 15 is 0 Å². The molecule has 0 aromatic heterocycles. The van der Waals surface area contributed by atoms with E-state index in [1.54, 1.807) is 4.90 Å². The molecule has 0 heterocycles. The van der Waals surface area contributed by atoms with Crippen molar-refractivity contribution in [3.8, 4) is 0 Å². The lowest BCUT2D eigenvalue weighted by Gasteiger charge is -2.31. The first-order chi connectivity index (χ1) is 17.2. The van der Waals surface area contributed by atoms with Crippen LogP contribution in [0.1, 0.15) is 30.0 Å². The maximum atomic E-state index is 13.7. The van der Waals surface area contributed by atoms with Crippen molar-refractivity contribution in [3.63, 3.8) is 0 Å². The van der Waals surface area contributed by atoms with Gasteiger partial charge >= 0.3 is 0 Å². The summed E-state index contributed by atoms with van der Waals surface area (Å²) >= 11 is 0. The van der Waals surface area contributed by atoms with Crippen LogP contribution in [-0.2, 0) is 29.0 Å². The molecule has 0 fully saturated rings. The number of nitrogens with one attached hydrogen (secondary N) is 1. The number of benzene rings is 4. The summed E-state index contributed by atoms with van der Waals surface area (Å²) in [5.41, 5.74) is 3.19. The first-order valence-corrected chi connectivity index (χ1v) is 12.3. The number of aryl methyl sites for hydroxylation is 1. The molecular weight excluding hydrogens is 432 g/mol. The van der Waals surface area contributed by atoms with Crippen molar-refractivity contribution in [3.05, 3.63) is 120 Å². The fourth-order valence-corrected chi connectivity index (χ4v) is 4.52. The van der Waals surface area contributed by atoms with E-state index in [0.29, 0.717) is 32.4 Å². The molecule has 0 saturated carbocycles. The SMILES string of the molecule is CCNC(=O)[C@@H](Cc1ccccc1)N(Cc1ccccc1)C(=O)CCc1cccc2ccccc12. The van der Waals surface area contributed by atoms with Crippen LogP contribution in [0.25, 0.3) is 10.8 Å². The molecule has 0 saturated heterocycles. The molecule has 0 bridgehead atoms. The van der Waals surface area contributed by atoms with E-state index in [4.69, 9.17) is 0 Å². The average Bonchev–Trinajstić information content (AvgIpc) is 2.90. The molecule has 1 atom stereocenters. The van der Waals surface area contributed by atoms with Gasteiger partial charge in [0.1, 0.15) is 6.04 Å². The van der Waals surface area contributed by atoms with Crippen LogP contribution < -0.4 is 5.32 Å². The monoisotopic (exact) mass is 464 g/mol. The highest BCUT2D eigenvalue weighted by molar-refractivity contribution is 5.89. The third-order valence-corrected chi connectivity index (χ3v) is 6.31. The first-order valence-electron chi connectivity index (χ1n) is 12.3. The van der Waals surface area contributed by atoms with Gasteiger partial charge in [-0.1, -0.05) is 103 Å². The molecule has 1 N–H and O–H groups in total. The summed E-state index contributed by atoms with van der Waals surface area (Å²) in [6, 6.07) is 33.7. The number of amides is 2. The van der Waals surface area contributed by atoms with Gasteiger partial charge in [-0.3, -0.25) is 9.59 Å². The predicted octanol–water partition coefficient (Wildman–Crippen LogP) is 5.55. The zero-order chi connectivity index (χ0) is 24.5. The van der Waals surface area contributed by atoms with Gasteiger partial charge in [0.2, 0.25) is 11.8 Å². The molecule has 2 amide bonds. The number of rotatable bonds is 10. The topological polar surface area (TPSA) is 49.4 Å². The third-order valence-electron chi connectivity index (χ3n) is 6.31. The Labute approximate surface area is 207 Å². The summed E-state index contributed by atoms with van der Waals surface area (Å²) in [5.74, 6) is -0.139. The second-order valence-corrected chi connectivity index (χ2v) is 8.75. The van der Waals surface area contributed by atoms with Crippen molar-refractivity contribution in [2.45, 2.75) is 38.8 Å². The maximum Gasteiger partial charge on any atom is 0.243 e. The molecule has 4 heteroatoms. The number of carbonyl (C=O) groups is 2. The summed E-state index contributed by atoms with van der Waals surface area (Å²) in [7, 11) is 0. The molecule has 0 spiro atoms. The Morgan fingerprint density at radius 2 is 1.40 bits per heavy atom. The molecule has 178 valence electrons. The third kappa shape index (κ3) is 6.36. The lowest BCUT2D eigenvalue weighted by Crippen LogP contribution is -2.50. The molecule has 0 radical (unpaired) electrons. The summed E-state index contributed by atoms with van der Waals surface area (Å²) in [5, 5.41) is 5.29. The second-order valence-electron chi connectivity index (χ2n) is 8.75. The van der Waals surface area contributed by atoms with Crippen molar-refractivity contribution in [1.82, 2.24) is 10.2 Å².